The van der Waals surface area contributed by atoms with Gasteiger partial charge in [0.05, 0.1) is 29.8 Å². The smallest absolute Gasteiger partial charge is 0.416 e. The van der Waals surface area contributed by atoms with Crippen LogP contribution < -0.4 is 16.0 Å². The molecule has 0 aromatic heterocycles. The van der Waals surface area contributed by atoms with Gasteiger partial charge in [0.1, 0.15) is 0 Å². The van der Waals surface area contributed by atoms with Gasteiger partial charge in [-0.2, -0.15) is 13.2 Å². The van der Waals surface area contributed by atoms with Crippen molar-refractivity contribution in [2.75, 3.05) is 32.1 Å². The first kappa shape index (κ1) is 41.3. The predicted octanol–water partition coefficient (Wildman–Crippen LogP) is 6.36. The molecule has 55 heavy (non-hydrogen) atoms. The Kier molecular flexibility index (Phi) is 13.9. The molecule has 3 N–H and O–H groups in total. The number of amides is 4. The fraction of sp³-hybridized carbons (Fsp3) is 0.262. The van der Waals surface area contributed by atoms with Crippen molar-refractivity contribution in [1.82, 2.24) is 15.5 Å². The van der Waals surface area contributed by atoms with E-state index >= 15 is 0 Å². The van der Waals surface area contributed by atoms with Crippen LogP contribution in [-0.2, 0) is 37.1 Å². The van der Waals surface area contributed by atoms with Gasteiger partial charge in [-0.15, -0.1) is 0 Å². The first-order valence-corrected chi connectivity index (χ1v) is 17.5. The maximum atomic E-state index is 13.7. The van der Waals surface area contributed by atoms with E-state index in [9.17, 15) is 37.1 Å². The Morgan fingerprint density at radius 1 is 0.764 bits per heavy atom. The predicted molar refractivity (Wildman–Crippen MR) is 202 cm³/mol. The van der Waals surface area contributed by atoms with Crippen LogP contribution in [0.2, 0.25) is 0 Å². The average Bonchev–Trinajstić information content (AvgIpc) is 3.17. The van der Waals surface area contributed by atoms with Crippen LogP contribution in [-0.4, -0.2) is 61.2 Å². The van der Waals surface area contributed by atoms with Gasteiger partial charge in [-0.1, -0.05) is 72.7 Å². The van der Waals surface area contributed by atoms with Crippen molar-refractivity contribution in [1.29, 1.82) is 0 Å². The highest BCUT2D eigenvalue weighted by molar-refractivity contribution is 6.12. The number of nitrogens with zero attached hydrogens (tertiary/aromatic N) is 1. The summed E-state index contributed by atoms with van der Waals surface area (Å²) < 4.78 is 45.1. The summed E-state index contributed by atoms with van der Waals surface area (Å²) in [5.74, 6) is -0.364. The van der Waals surface area contributed by atoms with Gasteiger partial charge >= 0.3 is 12.1 Å². The first-order chi connectivity index (χ1) is 26.3. The molecule has 0 saturated heterocycles. The van der Waals surface area contributed by atoms with Gasteiger partial charge in [0.15, 0.2) is 5.41 Å². The minimum Gasteiger partial charge on any atom is -0.465 e. The monoisotopic (exact) mass is 754 g/mol. The number of halogens is 3. The molecule has 0 unspecified atom stereocenters. The second-order valence-corrected chi connectivity index (χ2v) is 12.3. The summed E-state index contributed by atoms with van der Waals surface area (Å²) in [5, 5.41) is 8.20. The van der Waals surface area contributed by atoms with Crippen LogP contribution in [0.1, 0.15) is 64.6 Å². The minimum absolute atomic E-state index is 0.00600. The van der Waals surface area contributed by atoms with Crippen molar-refractivity contribution in [2.24, 2.45) is 0 Å². The van der Waals surface area contributed by atoms with E-state index in [1.165, 1.54) is 43.4 Å². The molecule has 0 aliphatic heterocycles. The highest BCUT2D eigenvalue weighted by Gasteiger charge is 2.47. The van der Waals surface area contributed by atoms with Crippen LogP contribution in [0.4, 0.5) is 18.9 Å². The van der Waals surface area contributed by atoms with Gasteiger partial charge in [0.25, 0.3) is 11.8 Å². The number of benzene rings is 4. The fourth-order valence-corrected chi connectivity index (χ4v) is 5.97. The molecule has 286 valence electrons. The zero-order valence-corrected chi connectivity index (χ0v) is 30.8. The SMILES string of the molecule is CC#CN(C)C(=O)c1cc(CC(=O)OCCC(C(=O)NCC)(C(=O)NCC)c2ccccc2)ccc1NC(=O)c1ccccc1-c1ccc(C(F)(F)F)cc1. The topological polar surface area (TPSA) is 134 Å². The number of alkyl halides is 3. The summed E-state index contributed by atoms with van der Waals surface area (Å²) in [6.45, 7) is 5.27. The summed E-state index contributed by atoms with van der Waals surface area (Å²) in [4.78, 5) is 68.4. The number of anilines is 1. The zero-order chi connectivity index (χ0) is 40.2. The number of carbonyl (C=O) groups excluding carboxylic acids is 5. The normalized spacial score (nSPS) is 11.0. The number of esters is 1. The van der Waals surface area contributed by atoms with E-state index in [4.69, 9.17) is 4.74 Å². The molecule has 0 saturated carbocycles. The Morgan fingerprint density at radius 3 is 1.98 bits per heavy atom. The Balaban J connectivity index is 1.58. The summed E-state index contributed by atoms with van der Waals surface area (Å²) in [6.07, 6.45) is -4.97. The molecule has 0 fully saturated rings. The van der Waals surface area contributed by atoms with Crippen molar-refractivity contribution in [3.63, 3.8) is 0 Å². The van der Waals surface area contributed by atoms with E-state index in [1.807, 2.05) is 0 Å². The molecular weight excluding hydrogens is 713 g/mol. The van der Waals surface area contributed by atoms with Crippen molar-refractivity contribution in [3.05, 3.63) is 125 Å². The molecule has 4 aromatic rings. The largest absolute Gasteiger partial charge is 0.465 e. The number of likely N-dealkylation sites (N-methyl/N-ethyl adjacent to an activating group) is 2. The Bertz CT molecular complexity index is 2070. The van der Waals surface area contributed by atoms with Gasteiger partial charge in [-0.3, -0.25) is 28.9 Å². The number of rotatable bonds is 14. The molecule has 0 radical (unpaired) electrons. The summed E-state index contributed by atoms with van der Waals surface area (Å²) >= 11 is 0. The average molecular weight is 755 g/mol. The number of ether oxygens (including phenoxy) is 1. The molecule has 0 aliphatic rings. The fourth-order valence-electron chi connectivity index (χ4n) is 5.97. The van der Waals surface area contributed by atoms with Gasteiger partial charge in [-0.05, 0) is 73.4 Å². The highest BCUT2D eigenvalue weighted by atomic mass is 19.4. The third kappa shape index (κ3) is 9.97. The molecule has 4 rings (SSSR count). The number of hydrogen-bond acceptors (Lipinski definition) is 6. The van der Waals surface area contributed by atoms with Crippen molar-refractivity contribution < 1.29 is 41.9 Å². The molecule has 0 aliphatic carbocycles. The molecule has 0 spiro atoms. The van der Waals surface area contributed by atoms with Gasteiger partial charge in [-0.25, -0.2) is 0 Å². The third-order valence-corrected chi connectivity index (χ3v) is 8.65. The minimum atomic E-state index is -4.52. The maximum absolute atomic E-state index is 13.7. The van der Waals surface area contributed by atoms with E-state index in [0.717, 1.165) is 17.0 Å². The van der Waals surface area contributed by atoms with Crippen LogP contribution in [0.15, 0.2) is 97.1 Å². The van der Waals surface area contributed by atoms with Crippen molar-refractivity contribution >= 4 is 35.3 Å². The van der Waals surface area contributed by atoms with Crippen molar-refractivity contribution in [2.45, 2.75) is 45.2 Å². The number of carbonyl (C=O) groups is 5. The van der Waals surface area contributed by atoms with Gasteiger partial charge < -0.3 is 20.7 Å². The van der Waals surface area contributed by atoms with E-state index in [2.05, 4.69) is 27.9 Å². The molecule has 10 nitrogen and oxygen atoms in total. The van der Waals surface area contributed by atoms with Crippen molar-refractivity contribution in [3.8, 4) is 23.1 Å². The lowest BCUT2D eigenvalue weighted by atomic mass is 9.75. The molecule has 4 amide bonds. The molecule has 13 heteroatoms. The number of nitrogens with one attached hydrogen (secondary N) is 3. The first-order valence-electron chi connectivity index (χ1n) is 17.5. The van der Waals surface area contributed by atoms with E-state index < -0.39 is 46.8 Å². The van der Waals surface area contributed by atoms with Crippen LogP contribution in [0.25, 0.3) is 11.1 Å². The lowest BCUT2D eigenvalue weighted by molar-refractivity contribution is -0.147. The number of hydrogen-bond donors (Lipinski definition) is 3. The van der Waals surface area contributed by atoms with E-state index in [1.54, 1.807) is 69.3 Å². The highest BCUT2D eigenvalue weighted by Crippen LogP contribution is 2.33. The lowest BCUT2D eigenvalue weighted by Gasteiger charge is -2.31. The second-order valence-electron chi connectivity index (χ2n) is 12.3. The Hall–Kier alpha value is -6.42. The molecule has 0 atom stereocenters. The van der Waals surface area contributed by atoms with Crippen LogP contribution in [0, 0.1) is 12.0 Å². The third-order valence-electron chi connectivity index (χ3n) is 8.65. The van der Waals surface area contributed by atoms with Crippen LogP contribution in [0.3, 0.4) is 0 Å². The molecular formula is C42H41F3N4O6. The molecule has 0 bridgehead atoms. The van der Waals surface area contributed by atoms with Crippen LogP contribution in [0.5, 0.6) is 0 Å². The van der Waals surface area contributed by atoms with Gasteiger partial charge in [0, 0.05) is 38.2 Å². The van der Waals surface area contributed by atoms with E-state index in [-0.39, 0.29) is 49.4 Å². The zero-order valence-electron chi connectivity index (χ0n) is 30.8. The Morgan fingerprint density at radius 2 is 1.38 bits per heavy atom. The van der Waals surface area contributed by atoms with E-state index in [0.29, 0.717) is 22.3 Å². The standard InChI is InChI=1S/C42H41F3N4O6/c1-5-24-49(4)38(52)34-26-28(27-36(50)55-25-23-41(39(53)46-6-2,40(54)47-7-3)30-13-9-8-10-14-30)17-22-35(34)48-37(51)33-16-12-11-15-32(33)29-18-20-31(21-19-29)42(43,44)45/h8-22,26H,6-7,23,25,27H2,1-4H3,(H,46,53)(H,47,54)(H,48,51). The summed E-state index contributed by atoms with van der Waals surface area (Å²) in [6, 6.07) is 26.3. The molecule has 0 heterocycles. The Labute approximate surface area is 317 Å². The summed E-state index contributed by atoms with van der Waals surface area (Å²) in [7, 11) is 1.44. The quantitative estimate of drug-likeness (QED) is 0.0594. The van der Waals surface area contributed by atoms with Crippen LogP contribution >= 0.6 is 0 Å². The maximum Gasteiger partial charge on any atom is 0.416 e. The lowest BCUT2D eigenvalue weighted by Crippen LogP contribution is -2.55. The molecule has 4 aromatic carbocycles. The second kappa shape index (κ2) is 18.6. The van der Waals surface area contributed by atoms with Gasteiger partial charge in [0.2, 0.25) is 11.8 Å². The summed E-state index contributed by atoms with van der Waals surface area (Å²) in [5.41, 5.74) is -0.734.